The molecule has 1 fully saturated rings. The molecule has 0 spiro atoms. The second-order valence-electron chi connectivity index (χ2n) is 5.70. The molecule has 5 heteroatoms. The normalized spacial score (nSPS) is 16.5. The predicted molar refractivity (Wildman–Crippen MR) is 83.2 cm³/mol. The highest BCUT2D eigenvalue weighted by Crippen LogP contribution is 2.24. The van der Waals surface area contributed by atoms with Crippen molar-refractivity contribution in [2.75, 3.05) is 32.5 Å². The Morgan fingerprint density at radius 1 is 1.43 bits per heavy atom. The molecule has 1 saturated heterocycles. The number of nitrogens with zero attached hydrogens (tertiary/aromatic N) is 1. The zero-order valence-corrected chi connectivity index (χ0v) is 12.3. The molecule has 1 aliphatic heterocycles. The Kier molecular flexibility index (Phi) is 3.84. The van der Waals surface area contributed by atoms with E-state index in [4.69, 9.17) is 10.5 Å². The maximum Gasteiger partial charge on any atom is 0.256 e. The van der Waals surface area contributed by atoms with Crippen molar-refractivity contribution >= 4 is 22.5 Å². The van der Waals surface area contributed by atoms with E-state index in [9.17, 15) is 4.79 Å². The molecule has 2 heterocycles. The van der Waals surface area contributed by atoms with Gasteiger partial charge in [0.2, 0.25) is 0 Å². The Hall–Kier alpha value is -2.01. The van der Waals surface area contributed by atoms with E-state index in [1.54, 1.807) is 13.3 Å². The zero-order valence-electron chi connectivity index (χ0n) is 12.3. The smallest absolute Gasteiger partial charge is 0.256 e. The first kappa shape index (κ1) is 13.9. The number of hydrogen-bond donors (Lipinski definition) is 2. The molecule has 112 valence electrons. The second-order valence-corrected chi connectivity index (χ2v) is 5.70. The lowest BCUT2D eigenvalue weighted by atomic mass is 9.97. The van der Waals surface area contributed by atoms with Gasteiger partial charge >= 0.3 is 0 Å². The summed E-state index contributed by atoms with van der Waals surface area (Å²) in [6.45, 7) is 2.39. The number of ether oxygens (including phenoxy) is 1. The van der Waals surface area contributed by atoms with Crippen molar-refractivity contribution in [2.24, 2.45) is 5.92 Å². The van der Waals surface area contributed by atoms with Crippen LogP contribution in [0.2, 0.25) is 0 Å². The fourth-order valence-corrected chi connectivity index (χ4v) is 3.03. The van der Waals surface area contributed by atoms with Crippen LogP contribution in [-0.4, -0.2) is 42.6 Å². The standard InChI is InChI=1S/C16H21N3O2/c1-21-10-11-4-6-19(7-5-11)16(20)14-9-18-15-8-12(17)2-3-13(14)15/h2-3,8-9,11,18H,4-7,10,17H2,1H3. The van der Waals surface area contributed by atoms with Gasteiger partial charge in [0.05, 0.1) is 5.56 Å². The van der Waals surface area contributed by atoms with Gasteiger partial charge in [0.25, 0.3) is 5.91 Å². The van der Waals surface area contributed by atoms with E-state index >= 15 is 0 Å². The second kappa shape index (κ2) is 5.77. The summed E-state index contributed by atoms with van der Waals surface area (Å²) in [5, 5.41) is 0.938. The van der Waals surface area contributed by atoms with Gasteiger partial charge in [0.15, 0.2) is 0 Å². The van der Waals surface area contributed by atoms with E-state index < -0.39 is 0 Å². The molecule has 0 atom stereocenters. The molecule has 3 rings (SSSR count). The van der Waals surface area contributed by atoms with Gasteiger partial charge in [-0.2, -0.15) is 0 Å². The number of anilines is 1. The topological polar surface area (TPSA) is 71.3 Å². The monoisotopic (exact) mass is 287 g/mol. The summed E-state index contributed by atoms with van der Waals surface area (Å²) >= 11 is 0. The molecule has 21 heavy (non-hydrogen) atoms. The number of carbonyl (C=O) groups is 1. The molecule has 0 unspecified atom stereocenters. The van der Waals surface area contributed by atoms with Crippen LogP contribution in [0.1, 0.15) is 23.2 Å². The molecule has 2 aromatic rings. The minimum Gasteiger partial charge on any atom is -0.399 e. The van der Waals surface area contributed by atoms with Gasteiger partial charge in [-0.1, -0.05) is 0 Å². The number of fused-ring (bicyclic) bond motifs is 1. The lowest BCUT2D eigenvalue weighted by Gasteiger charge is -2.31. The lowest BCUT2D eigenvalue weighted by Crippen LogP contribution is -2.39. The van der Waals surface area contributed by atoms with Gasteiger partial charge < -0.3 is 20.4 Å². The first-order valence-corrected chi connectivity index (χ1v) is 7.34. The highest BCUT2D eigenvalue weighted by atomic mass is 16.5. The minimum atomic E-state index is 0.0990. The highest BCUT2D eigenvalue weighted by molar-refractivity contribution is 6.07. The van der Waals surface area contributed by atoms with Crippen LogP contribution in [0, 0.1) is 5.92 Å². The summed E-state index contributed by atoms with van der Waals surface area (Å²) < 4.78 is 5.20. The third-order valence-electron chi connectivity index (χ3n) is 4.24. The maximum absolute atomic E-state index is 12.7. The van der Waals surface area contributed by atoms with Crippen LogP contribution < -0.4 is 5.73 Å². The summed E-state index contributed by atoms with van der Waals surface area (Å²) in [5.74, 6) is 0.670. The number of piperidine rings is 1. The molecule has 5 nitrogen and oxygen atoms in total. The molecule has 1 aromatic heterocycles. The third kappa shape index (κ3) is 2.74. The Morgan fingerprint density at radius 2 is 2.19 bits per heavy atom. The number of hydrogen-bond acceptors (Lipinski definition) is 3. The molecule has 1 aromatic carbocycles. The van der Waals surface area contributed by atoms with Crippen LogP contribution in [0.25, 0.3) is 10.9 Å². The van der Waals surface area contributed by atoms with Crippen molar-refractivity contribution in [1.29, 1.82) is 0 Å². The van der Waals surface area contributed by atoms with Gasteiger partial charge in [0, 0.05) is 49.6 Å². The SMILES string of the molecule is COCC1CCN(C(=O)c2c[nH]c3cc(N)ccc23)CC1. The Morgan fingerprint density at radius 3 is 2.90 bits per heavy atom. The van der Waals surface area contributed by atoms with Crippen molar-refractivity contribution in [3.63, 3.8) is 0 Å². The summed E-state index contributed by atoms with van der Waals surface area (Å²) in [4.78, 5) is 17.7. The van der Waals surface area contributed by atoms with Crippen LogP contribution in [0.4, 0.5) is 5.69 Å². The number of nitrogens with two attached hydrogens (primary N) is 1. The molecule has 0 saturated carbocycles. The Balaban J connectivity index is 1.76. The van der Waals surface area contributed by atoms with Gasteiger partial charge in [0.1, 0.15) is 0 Å². The summed E-state index contributed by atoms with van der Waals surface area (Å²) in [7, 11) is 1.73. The quantitative estimate of drug-likeness (QED) is 0.851. The predicted octanol–water partition coefficient (Wildman–Crippen LogP) is 2.25. The summed E-state index contributed by atoms with van der Waals surface area (Å²) in [6, 6.07) is 5.60. The maximum atomic E-state index is 12.7. The average molecular weight is 287 g/mol. The molecule has 0 bridgehead atoms. The minimum absolute atomic E-state index is 0.0990. The number of aromatic amines is 1. The molecule has 0 radical (unpaired) electrons. The molecular weight excluding hydrogens is 266 g/mol. The summed E-state index contributed by atoms with van der Waals surface area (Å²) in [5.41, 5.74) is 8.11. The zero-order chi connectivity index (χ0) is 14.8. The first-order valence-electron chi connectivity index (χ1n) is 7.34. The number of carbonyl (C=O) groups excluding carboxylic acids is 1. The molecule has 3 N–H and O–H groups in total. The van der Waals surface area contributed by atoms with Gasteiger partial charge in [-0.3, -0.25) is 4.79 Å². The number of aromatic nitrogens is 1. The number of H-pyrrole nitrogens is 1. The van der Waals surface area contributed by atoms with Crippen molar-refractivity contribution in [1.82, 2.24) is 9.88 Å². The summed E-state index contributed by atoms with van der Waals surface area (Å²) in [6.07, 6.45) is 3.80. The van der Waals surface area contributed by atoms with Crippen molar-refractivity contribution in [3.05, 3.63) is 30.0 Å². The fourth-order valence-electron chi connectivity index (χ4n) is 3.03. The average Bonchev–Trinajstić information content (AvgIpc) is 2.90. The van der Waals surface area contributed by atoms with Crippen molar-refractivity contribution in [3.8, 4) is 0 Å². The molecule has 1 amide bonds. The fraction of sp³-hybridized carbons (Fsp3) is 0.438. The largest absolute Gasteiger partial charge is 0.399 e. The van der Waals surface area contributed by atoms with Crippen LogP contribution in [0.3, 0.4) is 0 Å². The van der Waals surface area contributed by atoms with Gasteiger partial charge in [-0.05, 0) is 37.0 Å². The van der Waals surface area contributed by atoms with E-state index in [-0.39, 0.29) is 5.91 Å². The number of rotatable bonds is 3. The number of likely N-dealkylation sites (tertiary alicyclic amines) is 1. The van der Waals surface area contributed by atoms with Crippen LogP contribution in [0.15, 0.2) is 24.4 Å². The number of benzene rings is 1. The van der Waals surface area contributed by atoms with Crippen molar-refractivity contribution < 1.29 is 9.53 Å². The number of nitrogens with one attached hydrogen (secondary N) is 1. The van der Waals surface area contributed by atoms with Gasteiger partial charge in [-0.15, -0.1) is 0 Å². The first-order chi connectivity index (χ1) is 10.2. The third-order valence-corrected chi connectivity index (χ3v) is 4.24. The Bertz CT molecular complexity index is 642. The number of amides is 1. The van der Waals surface area contributed by atoms with E-state index in [1.807, 2.05) is 23.1 Å². The van der Waals surface area contributed by atoms with Crippen LogP contribution in [-0.2, 0) is 4.74 Å². The lowest BCUT2D eigenvalue weighted by molar-refractivity contribution is 0.0615. The van der Waals surface area contributed by atoms with E-state index in [0.717, 1.165) is 49.0 Å². The van der Waals surface area contributed by atoms with E-state index in [2.05, 4.69) is 4.98 Å². The number of methoxy groups -OCH3 is 1. The number of nitrogen functional groups attached to an aromatic ring is 1. The highest BCUT2D eigenvalue weighted by Gasteiger charge is 2.25. The van der Waals surface area contributed by atoms with E-state index in [0.29, 0.717) is 11.6 Å². The van der Waals surface area contributed by atoms with Crippen LogP contribution in [0.5, 0.6) is 0 Å². The van der Waals surface area contributed by atoms with E-state index in [1.165, 1.54) is 0 Å². The molecule has 1 aliphatic rings. The van der Waals surface area contributed by atoms with Crippen molar-refractivity contribution in [2.45, 2.75) is 12.8 Å². The van der Waals surface area contributed by atoms with Crippen LogP contribution >= 0.6 is 0 Å². The molecular formula is C16H21N3O2. The molecule has 0 aliphatic carbocycles. The van der Waals surface area contributed by atoms with Gasteiger partial charge in [-0.25, -0.2) is 0 Å². The Labute approximate surface area is 124 Å².